The maximum atomic E-state index is 13.3. The second-order valence-electron chi connectivity index (χ2n) is 10.4. The van der Waals surface area contributed by atoms with E-state index in [2.05, 4.69) is 10.6 Å². The van der Waals surface area contributed by atoms with Crippen LogP contribution >= 0.6 is 0 Å². The van der Waals surface area contributed by atoms with Crippen LogP contribution in [0.25, 0.3) is 0 Å². The summed E-state index contributed by atoms with van der Waals surface area (Å²) < 4.78 is 29.6. The van der Waals surface area contributed by atoms with Gasteiger partial charge in [0.05, 0.1) is 12.0 Å². The summed E-state index contributed by atoms with van der Waals surface area (Å²) in [6.07, 6.45) is -3.99. The summed E-state index contributed by atoms with van der Waals surface area (Å²) in [4.78, 5) is 37.6. The number of hydrogen-bond acceptors (Lipinski definition) is 9. The largest absolute Gasteiger partial charge is 0.548 e. The van der Waals surface area contributed by atoms with Crippen molar-refractivity contribution in [3.8, 4) is 0 Å². The molecule has 188 valence electrons. The standard InChI is InChI=1S/C22H36N2O9/c1-9(2)11(17(25)24-12(10(3)4)19(27)28)23-18(26)15-13-14(31-21(5,6)30-13)16-20(29-15)33-22(7,8)32-16/h9-16,20H,1-8H3,(H,23,26)(H,24,25)(H,27,28)/p-1/t11-,12-,13+,14-,15+,16+,20+/m0/s1. The summed E-state index contributed by atoms with van der Waals surface area (Å²) in [5.74, 6) is -5.25. The van der Waals surface area contributed by atoms with Gasteiger partial charge in [-0.2, -0.15) is 0 Å². The second kappa shape index (κ2) is 9.10. The zero-order chi connectivity index (χ0) is 24.9. The molecule has 0 saturated carbocycles. The van der Waals surface area contributed by atoms with Crippen LogP contribution in [-0.2, 0) is 38.1 Å². The Morgan fingerprint density at radius 2 is 1.27 bits per heavy atom. The number of nitrogens with one attached hydrogen (secondary N) is 2. The molecule has 3 fully saturated rings. The molecule has 0 radical (unpaired) electrons. The SMILES string of the molecule is CC(C)[C@H](NC(=O)[C@@H](NC(=O)[C@@H]1O[C@@H]2OC(C)(C)O[C@@H]2[C@H]2OC(C)(C)O[C@H]21)C(C)C)C(=O)[O-]. The van der Waals surface area contributed by atoms with Gasteiger partial charge < -0.3 is 44.2 Å². The molecule has 0 aromatic carbocycles. The molecule has 33 heavy (non-hydrogen) atoms. The number of carboxylic acid groups (broad SMARTS) is 1. The Kier molecular flexibility index (Phi) is 7.12. The van der Waals surface area contributed by atoms with Crippen LogP contribution in [-0.4, -0.2) is 72.1 Å². The van der Waals surface area contributed by atoms with Crippen molar-refractivity contribution in [1.29, 1.82) is 0 Å². The fourth-order valence-corrected chi connectivity index (χ4v) is 4.33. The molecule has 2 N–H and O–H groups in total. The van der Waals surface area contributed by atoms with Gasteiger partial charge in [-0.05, 0) is 39.5 Å². The molecule has 11 heteroatoms. The molecule has 0 aromatic heterocycles. The topological polar surface area (TPSA) is 144 Å². The van der Waals surface area contributed by atoms with E-state index in [1.165, 1.54) is 0 Å². The number of carbonyl (C=O) groups excluding carboxylic acids is 3. The lowest BCUT2D eigenvalue weighted by molar-refractivity contribution is -0.309. The molecule has 2 amide bonds. The molecule has 11 nitrogen and oxygen atoms in total. The summed E-state index contributed by atoms with van der Waals surface area (Å²) >= 11 is 0. The third kappa shape index (κ3) is 5.48. The van der Waals surface area contributed by atoms with Gasteiger partial charge in [0.2, 0.25) is 5.91 Å². The van der Waals surface area contributed by atoms with Crippen molar-refractivity contribution >= 4 is 17.8 Å². The first-order valence-electron chi connectivity index (χ1n) is 11.3. The lowest BCUT2D eigenvalue weighted by Gasteiger charge is -2.37. The van der Waals surface area contributed by atoms with Crippen LogP contribution in [0.2, 0.25) is 0 Å². The van der Waals surface area contributed by atoms with Crippen LogP contribution in [0, 0.1) is 11.8 Å². The predicted octanol–water partition coefficient (Wildman–Crippen LogP) is -0.586. The lowest BCUT2D eigenvalue weighted by Crippen LogP contribution is -2.63. The first-order chi connectivity index (χ1) is 15.1. The van der Waals surface area contributed by atoms with Gasteiger partial charge in [-0.3, -0.25) is 9.59 Å². The minimum absolute atomic E-state index is 0.335. The van der Waals surface area contributed by atoms with Crippen LogP contribution in [0.1, 0.15) is 55.4 Å². The minimum Gasteiger partial charge on any atom is -0.548 e. The van der Waals surface area contributed by atoms with Crippen molar-refractivity contribution in [3.63, 3.8) is 0 Å². The van der Waals surface area contributed by atoms with Crippen LogP contribution < -0.4 is 15.7 Å². The molecule has 3 aliphatic rings. The molecule has 0 bridgehead atoms. The van der Waals surface area contributed by atoms with E-state index in [0.717, 1.165) is 0 Å². The normalized spacial score (nSPS) is 33.8. The summed E-state index contributed by atoms with van der Waals surface area (Å²) in [6, 6.07) is -2.20. The van der Waals surface area contributed by atoms with Crippen LogP contribution in [0.5, 0.6) is 0 Å². The first-order valence-corrected chi connectivity index (χ1v) is 11.3. The van der Waals surface area contributed by atoms with E-state index in [1.54, 1.807) is 55.4 Å². The number of hydrogen-bond donors (Lipinski definition) is 2. The predicted molar refractivity (Wildman–Crippen MR) is 111 cm³/mol. The van der Waals surface area contributed by atoms with Crippen LogP contribution in [0.15, 0.2) is 0 Å². The van der Waals surface area contributed by atoms with Crippen molar-refractivity contribution in [2.24, 2.45) is 11.8 Å². The Morgan fingerprint density at radius 1 is 0.758 bits per heavy atom. The molecule has 0 aromatic rings. The summed E-state index contributed by atoms with van der Waals surface area (Å²) in [6.45, 7) is 13.7. The highest BCUT2D eigenvalue weighted by atomic mass is 16.9. The van der Waals surface area contributed by atoms with Gasteiger partial charge in [-0.25, -0.2) is 0 Å². The number of ether oxygens (including phenoxy) is 5. The summed E-state index contributed by atoms with van der Waals surface area (Å²) in [5, 5.41) is 16.5. The van der Waals surface area contributed by atoms with E-state index < -0.39 is 78.1 Å². The third-order valence-corrected chi connectivity index (χ3v) is 5.88. The fourth-order valence-electron chi connectivity index (χ4n) is 4.33. The first kappa shape index (κ1) is 25.8. The summed E-state index contributed by atoms with van der Waals surface area (Å²) in [5.41, 5.74) is 0. The summed E-state index contributed by atoms with van der Waals surface area (Å²) in [7, 11) is 0. The number of carbonyl (C=O) groups is 3. The maximum Gasteiger partial charge on any atom is 0.252 e. The Balaban J connectivity index is 1.78. The van der Waals surface area contributed by atoms with Gasteiger partial charge in [0.25, 0.3) is 5.91 Å². The van der Waals surface area contributed by atoms with Crippen molar-refractivity contribution in [1.82, 2.24) is 10.6 Å². The van der Waals surface area contributed by atoms with Gasteiger partial charge in [0.15, 0.2) is 24.0 Å². The second-order valence-corrected chi connectivity index (χ2v) is 10.4. The van der Waals surface area contributed by atoms with Gasteiger partial charge in [0, 0.05) is 0 Å². The molecular formula is C22H35N2O9-. The zero-order valence-electron chi connectivity index (χ0n) is 20.4. The van der Waals surface area contributed by atoms with Crippen LogP contribution in [0.4, 0.5) is 0 Å². The van der Waals surface area contributed by atoms with E-state index in [0.29, 0.717) is 0 Å². The molecule has 7 atom stereocenters. The van der Waals surface area contributed by atoms with E-state index in [-0.39, 0.29) is 5.92 Å². The number of carboxylic acids is 1. The number of amides is 2. The van der Waals surface area contributed by atoms with Gasteiger partial charge in [-0.15, -0.1) is 0 Å². The zero-order valence-corrected chi connectivity index (χ0v) is 20.4. The average Bonchev–Trinajstić information content (AvgIpc) is 3.15. The van der Waals surface area contributed by atoms with E-state index in [9.17, 15) is 19.5 Å². The van der Waals surface area contributed by atoms with E-state index in [4.69, 9.17) is 23.7 Å². The molecular weight excluding hydrogens is 436 g/mol. The van der Waals surface area contributed by atoms with E-state index in [1.807, 2.05) is 0 Å². The third-order valence-electron chi connectivity index (χ3n) is 5.88. The Morgan fingerprint density at radius 3 is 1.82 bits per heavy atom. The fraction of sp³-hybridized carbons (Fsp3) is 0.864. The van der Waals surface area contributed by atoms with Crippen LogP contribution in [0.3, 0.4) is 0 Å². The quantitative estimate of drug-likeness (QED) is 0.498. The van der Waals surface area contributed by atoms with E-state index >= 15 is 0 Å². The van der Waals surface area contributed by atoms with Gasteiger partial charge >= 0.3 is 0 Å². The lowest BCUT2D eigenvalue weighted by atomic mass is 9.96. The molecule has 3 rings (SSSR count). The molecule has 0 spiro atoms. The van der Waals surface area contributed by atoms with Crippen molar-refractivity contribution < 1.29 is 43.2 Å². The maximum absolute atomic E-state index is 13.3. The molecule has 3 saturated heterocycles. The average molecular weight is 472 g/mol. The van der Waals surface area contributed by atoms with Crippen molar-refractivity contribution in [2.75, 3.05) is 0 Å². The Bertz CT molecular complexity index is 782. The monoisotopic (exact) mass is 471 g/mol. The van der Waals surface area contributed by atoms with Gasteiger partial charge in [-0.1, -0.05) is 27.7 Å². The molecule has 0 unspecified atom stereocenters. The number of fused-ring (bicyclic) bond motifs is 3. The van der Waals surface area contributed by atoms with Crippen molar-refractivity contribution in [3.05, 3.63) is 0 Å². The highest BCUT2D eigenvalue weighted by molar-refractivity contribution is 5.91. The molecule has 3 aliphatic heterocycles. The highest BCUT2D eigenvalue weighted by Crippen LogP contribution is 2.44. The van der Waals surface area contributed by atoms with Crippen molar-refractivity contribution in [2.45, 2.75) is 110 Å². The van der Waals surface area contributed by atoms with Gasteiger partial charge in [0.1, 0.15) is 24.4 Å². The smallest absolute Gasteiger partial charge is 0.252 e. The Labute approximate surface area is 193 Å². The minimum atomic E-state index is -1.39. The number of rotatable bonds is 7. The molecule has 3 heterocycles. The molecule has 0 aliphatic carbocycles. The highest BCUT2D eigenvalue weighted by Gasteiger charge is 2.62. The number of aliphatic carboxylic acids is 1. The Hall–Kier alpha value is -1.79.